The van der Waals surface area contributed by atoms with E-state index in [1.54, 1.807) is 0 Å². The van der Waals surface area contributed by atoms with Gasteiger partial charge in [0.1, 0.15) is 0 Å². The highest BCUT2D eigenvalue weighted by molar-refractivity contribution is 5.82. The zero-order chi connectivity index (χ0) is 14.0. The van der Waals surface area contributed by atoms with Crippen molar-refractivity contribution in [3.05, 3.63) is 52.8 Å². The van der Waals surface area contributed by atoms with Crippen molar-refractivity contribution in [2.75, 3.05) is 0 Å². The van der Waals surface area contributed by atoms with E-state index in [1.807, 2.05) is 6.21 Å². The van der Waals surface area contributed by atoms with Gasteiger partial charge in [-0.15, -0.1) is 0 Å². The molecule has 0 saturated carbocycles. The first kappa shape index (κ1) is 13.6. The van der Waals surface area contributed by atoms with Crippen molar-refractivity contribution in [2.45, 2.75) is 40.7 Å². The summed E-state index contributed by atoms with van der Waals surface area (Å²) in [5, 5.41) is 0. The lowest BCUT2D eigenvalue weighted by molar-refractivity contribution is 0.589. The largest absolute Gasteiger partial charge is 0.349 e. The molecule has 0 bridgehead atoms. The van der Waals surface area contributed by atoms with Crippen LogP contribution in [0.25, 0.3) is 0 Å². The standard InChI is InChI=1S/C17H22N2/c1-12(2)19-11-16(9-15(19)5)10-18-17-7-6-13(3)14(4)8-17/h6-12H,1-5H3. The SMILES string of the molecule is Cc1ccc(N=Cc2cc(C)n(C(C)C)c2)cc1C. The summed E-state index contributed by atoms with van der Waals surface area (Å²) in [7, 11) is 0. The van der Waals surface area contributed by atoms with Gasteiger partial charge in [0.15, 0.2) is 0 Å². The number of benzene rings is 1. The van der Waals surface area contributed by atoms with Gasteiger partial charge in [0.2, 0.25) is 0 Å². The second-order valence-electron chi connectivity index (χ2n) is 5.44. The van der Waals surface area contributed by atoms with Gasteiger partial charge in [-0.2, -0.15) is 0 Å². The number of aromatic nitrogens is 1. The molecule has 1 heterocycles. The van der Waals surface area contributed by atoms with Gasteiger partial charge in [0.25, 0.3) is 0 Å². The minimum atomic E-state index is 0.490. The first-order valence-electron chi connectivity index (χ1n) is 6.77. The number of aryl methyl sites for hydroxylation is 3. The first-order valence-corrected chi connectivity index (χ1v) is 6.77. The molecule has 2 aromatic rings. The predicted octanol–water partition coefficient (Wildman–Crippen LogP) is 4.74. The fourth-order valence-corrected chi connectivity index (χ4v) is 2.20. The molecule has 100 valence electrons. The number of rotatable bonds is 3. The zero-order valence-corrected chi connectivity index (χ0v) is 12.4. The highest BCUT2D eigenvalue weighted by atomic mass is 15.0. The molecule has 2 heteroatoms. The third-order valence-corrected chi connectivity index (χ3v) is 3.48. The third kappa shape index (κ3) is 3.14. The maximum absolute atomic E-state index is 4.55. The normalized spacial score (nSPS) is 11.7. The van der Waals surface area contributed by atoms with Gasteiger partial charge in [0.05, 0.1) is 5.69 Å². The van der Waals surface area contributed by atoms with Crippen molar-refractivity contribution >= 4 is 11.9 Å². The number of aliphatic imine (C=N–C) groups is 1. The molecule has 0 saturated heterocycles. The number of hydrogen-bond donors (Lipinski definition) is 0. The Bertz CT molecular complexity index is 604. The van der Waals surface area contributed by atoms with Crippen molar-refractivity contribution in [1.82, 2.24) is 4.57 Å². The minimum Gasteiger partial charge on any atom is -0.349 e. The van der Waals surface area contributed by atoms with E-state index in [0.717, 1.165) is 11.3 Å². The Morgan fingerprint density at radius 2 is 1.79 bits per heavy atom. The molecule has 1 aromatic heterocycles. The average molecular weight is 254 g/mol. The zero-order valence-electron chi connectivity index (χ0n) is 12.4. The van der Waals surface area contributed by atoms with Crippen LogP contribution in [0.2, 0.25) is 0 Å². The van der Waals surface area contributed by atoms with Crippen LogP contribution in [-0.4, -0.2) is 10.8 Å². The molecular formula is C17H22N2. The second-order valence-corrected chi connectivity index (χ2v) is 5.44. The molecule has 0 radical (unpaired) electrons. The molecule has 0 aliphatic rings. The molecule has 0 unspecified atom stereocenters. The van der Waals surface area contributed by atoms with Crippen LogP contribution in [0.3, 0.4) is 0 Å². The molecular weight excluding hydrogens is 232 g/mol. The summed E-state index contributed by atoms with van der Waals surface area (Å²) >= 11 is 0. The van der Waals surface area contributed by atoms with Crippen molar-refractivity contribution < 1.29 is 0 Å². The molecule has 0 fully saturated rings. The number of nitrogens with zero attached hydrogens (tertiary/aromatic N) is 2. The Morgan fingerprint density at radius 1 is 1.05 bits per heavy atom. The lowest BCUT2D eigenvalue weighted by Crippen LogP contribution is -2.00. The van der Waals surface area contributed by atoms with E-state index in [-0.39, 0.29) is 0 Å². The molecule has 1 aromatic carbocycles. The monoisotopic (exact) mass is 254 g/mol. The van der Waals surface area contributed by atoms with Crippen molar-refractivity contribution in [2.24, 2.45) is 4.99 Å². The summed E-state index contributed by atoms with van der Waals surface area (Å²) in [6.45, 7) is 10.8. The third-order valence-electron chi connectivity index (χ3n) is 3.48. The fraction of sp³-hybridized carbons (Fsp3) is 0.353. The number of hydrogen-bond acceptors (Lipinski definition) is 1. The Labute approximate surface area is 115 Å². The van der Waals surface area contributed by atoms with E-state index in [2.05, 4.69) is 74.6 Å². The van der Waals surface area contributed by atoms with Crippen LogP contribution in [0, 0.1) is 20.8 Å². The highest BCUT2D eigenvalue weighted by Gasteiger charge is 2.03. The van der Waals surface area contributed by atoms with Crippen molar-refractivity contribution in [1.29, 1.82) is 0 Å². The minimum absolute atomic E-state index is 0.490. The smallest absolute Gasteiger partial charge is 0.0632 e. The highest BCUT2D eigenvalue weighted by Crippen LogP contribution is 2.18. The molecule has 0 aliphatic carbocycles. The van der Waals surface area contributed by atoms with E-state index in [4.69, 9.17) is 0 Å². The Balaban J connectivity index is 2.22. The Morgan fingerprint density at radius 3 is 2.37 bits per heavy atom. The van der Waals surface area contributed by atoms with Gasteiger partial charge in [0, 0.05) is 29.7 Å². The molecule has 0 aliphatic heterocycles. The van der Waals surface area contributed by atoms with Crippen LogP contribution in [0.15, 0.2) is 35.5 Å². The van der Waals surface area contributed by atoms with Gasteiger partial charge in [-0.1, -0.05) is 6.07 Å². The van der Waals surface area contributed by atoms with Gasteiger partial charge in [-0.25, -0.2) is 0 Å². The van der Waals surface area contributed by atoms with Gasteiger partial charge < -0.3 is 4.57 Å². The topological polar surface area (TPSA) is 17.3 Å². The second kappa shape index (κ2) is 5.43. The molecule has 0 spiro atoms. The fourth-order valence-electron chi connectivity index (χ4n) is 2.20. The summed E-state index contributed by atoms with van der Waals surface area (Å²) in [5.41, 5.74) is 6.03. The average Bonchev–Trinajstić information content (AvgIpc) is 2.72. The lowest BCUT2D eigenvalue weighted by Gasteiger charge is -2.08. The van der Waals surface area contributed by atoms with Crippen LogP contribution < -0.4 is 0 Å². The summed E-state index contributed by atoms with van der Waals surface area (Å²) in [6.07, 6.45) is 4.10. The molecule has 2 nitrogen and oxygen atoms in total. The molecule has 2 rings (SSSR count). The molecule has 0 atom stereocenters. The maximum Gasteiger partial charge on any atom is 0.0632 e. The summed E-state index contributed by atoms with van der Waals surface area (Å²) in [6, 6.07) is 8.96. The van der Waals surface area contributed by atoms with Gasteiger partial charge in [-0.3, -0.25) is 4.99 Å². The van der Waals surface area contributed by atoms with Gasteiger partial charge in [-0.05, 0) is 63.9 Å². The first-order chi connectivity index (χ1) is 8.97. The summed E-state index contributed by atoms with van der Waals surface area (Å²) in [4.78, 5) is 4.55. The maximum atomic E-state index is 4.55. The van der Waals surface area contributed by atoms with Crippen molar-refractivity contribution in [3.63, 3.8) is 0 Å². The van der Waals surface area contributed by atoms with E-state index in [9.17, 15) is 0 Å². The van der Waals surface area contributed by atoms with E-state index in [1.165, 1.54) is 16.8 Å². The quantitative estimate of drug-likeness (QED) is 0.704. The molecule has 19 heavy (non-hydrogen) atoms. The molecule has 0 N–H and O–H groups in total. The van der Waals surface area contributed by atoms with Crippen LogP contribution in [0.1, 0.15) is 42.3 Å². The van der Waals surface area contributed by atoms with E-state index < -0.39 is 0 Å². The van der Waals surface area contributed by atoms with E-state index in [0.29, 0.717) is 6.04 Å². The summed E-state index contributed by atoms with van der Waals surface area (Å²) < 4.78 is 2.27. The van der Waals surface area contributed by atoms with Crippen LogP contribution in [0.4, 0.5) is 5.69 Å². The predicted molar refractivity (Wildman–Crippen MR) is 82.7 cm³/mol. The lowest BCUT2D eigenvalue weighted by atomic mass is 10.1. The van der Waals surface area contributed by atoms with Crippen LogP contribution >= 0.6 is 0 Å². The van der Waals surface area contributed by atoms with E-state index >= 15 is 0 Å². The molecule has 0 amide bonds. The van der Waals surface area contributed by atoms with Crippen molar-refractivity contribution in [3.8, 4) is 0 Å². The van der Waals surface area contributed by atoms with Gasteiger partial charge >= 0.3 is 0 Å². The van der Waals surface area contributed by atoms with Crippen LogP contribution in [0.5, 0.6) is 0 Å². The Kier molecular flexibility index (Phi) is 3.89. The van der Waals surface area contributed by atoms with Crippen LogP contribution in [-0.2, 0) is 0 Å². The Hall–Kier alpha value is -1.83. The summed E-state index contributed by atoms with van der Waals surface area (Å²) in [5.74, 6) is 0.